The molecule has 2 rings (SSSR count). The zero-order chi connectivity index (χ0) is 11.0. The third kappa shape index (κ3) is 1.61. The summed E-state index contributed by atoms with van der Waals surface area (Å²) in [5.41, 5.74) is 0.693. The van der Waals surface area contributed by atoms with E-state index >= 15 is 0 Å². The number of hydrogen-bond donors (Lipinski definition) is 0. The highest BCUT2D eigenvalue weighted by Crippen LogP contribution is 2.50. The van der Waals surface area contributed by atoms with E-state index in [1.807, 2.05) is 0 Å². The highest BCUT2D eigenvalue weighted by molar-refractivity contribution is 6.31. The van der Waals surface area contributed by atoms with Crippen LogP contribution in [0, 0.1) is 16.0 Å². The lowest BCUT2D eigenvalue weighted by molar-refractivity contribution is -0.498. The summed E-state index contributed by atoms with van der Waals surface area (Å²) in [6.45, 7) is 0. The minimum Gasteiger partial charge on any atom is -0.303 e. The highest BCUT2D eigenvalue weighted by Gasteiger charge is 2.61. The van der Waals surface area contributed by atoms with E-state index in [1.54, 1.807) is 24.3 Å². The lowest BCUT2D eigenvalue weighted by Gasteiger charge is -1.99. The first kappa shape index (κ1) is 10.1. The number of aldehydes is 1. The molecular formula is C10H8ClNO3. The van der Waals surface area contributed by atoms with Crippen molar-refractivity contribution >= 4 is 17.9 Å². The molecule has 0 amide bonds. The van der Waals surface area contributed by atoms with E-state index < -0.39 is 16.9 Å². The summed E-state index contributed by atoms with van der Waals surface area (Å²) >= 11 is 5.91. The Balaban J connectivity index is 2.30. The molecule has 0 saturated heterocycles. The van der Waals surface area contributed by atoms with Crippen LogP contribution in [-0.2, 0) is 4.79 Å². The van der Waals surface area contributed by atoms with Gasteiger partial charge in [0.1, 0.15) is 6.29 Å². The van der Waals surface area contributed by atoms with Crippen LogP contribution in [0.2, 0.25) is 5.02 Å². The quantitative estimate of drug-likeness (QED) is 0.448. The van der Waals surface area contributed by atoms with Crippen molar-refractivity contribution in [3.63, 3.8) is 0 Å². The summed E-state index contributed by atoms with van der Waals surface area (Å²) in [5, 5.41) is 11.1. The van der Waals surface area contributed by atoms with Crippen LogP contribution in [-0.4, -0.2) is 17.3 Å². The zero-order valence-electron chi connectivity index (χ0n) is 7.67. The molecule has 5 heteroatoms. The summed E-state index contributed by atoms with van der Waals surface area (Å²) in [5.74, 6) is -0.883. The number of carbonyl (C=O) groups excluding carboxylic acids is 1. The van der Waals surface area contributed by atoms with Gasteiger partial charge in [0.2, 0.25) is 6.04 Å². The van der Waals surface area contributed by atoms with Gasteiger partial charge in [-0.3, -0.25) is 10.1 Å². The van der Waals surface area contributed by atoms with Gasteiger partial charge in [-0.2, -0.15) is 0 Å². The molecule has 1 saturated carbocycles. The van der Waals surface area contributed by atoms with Crippen LogP contribution in [0.15, 0.2) is 24.3 Å². The average molecular weight is 226 g/mol. The van der Waals surface area contributed by atoms with Crippen molar-refractivity contribution in [1.29, 1.82) is 0 Å². The van der Waals surface area contributed by atoms with E-state index in [1.165, 1.54) is 0 Å². The number of benzene rings is 1. The van der Waals surface area contributed by atoms with Crippen molar-refractivity contribution in [3.05, 3.63) is 45.0 Å². The number of hydrogen-bond acceptors (Lipinski definition) is 3. The molecule has 0 N–H and O–H groups in total. The second-order valence-corrected chi connectivity index (χ2v) is 3.94. The number of nitro groups is 1. The molecule has 78 valence electrons. The minimum absolute atomic E-state index is 0.355. The van der Waals surface area contributed by atoms with Crippen LogP contribution >= 0.6 is 11.6 Å². The lowest BCUT2D eigenvalue weighted by atomic mass is 10.1. The first-order valence-corrected chi connectivity index (χ1v) is 4.88. The monoisotopic (exact) mass is 225 g/mol. The summed E-state index contributed by atoms with van der Waals surface area (Å²) in [7, 11) is 0. The fourth-order valence-corrected chi connectivity index (χ4v) is 2.15. The second kappa shape index (κ2) is 3.62. The Kier molecular flexibility index (Phi) is 2.44. The Morgan fingerprint density at radius 2 is 2.07 bits per heavy atom. The topological polar surface area (TPSA) is 60.2 Å². The highest BCUT2D eigenvalue weighted by atomic mass is 35.5. The third-order valence-electron chi connectivity index (χ3n) is 2.70. The fourth-order valence-electron chi connectivity index (χ4n) is 1.89. The number of carbonyl (C=O) groups is 1. The van der Waals surface area contributed by atoms with Crippen LogP contribution in [0.4, 0.5) is 0 Å². The molecule has 0 unspecified atom stereocenters. The first-order valence-electron chi connectivity index (χ1n) is 4.50. The molecule has 15 heavy (non-hydrogen) atoms. The van der Waals surface area contributed by atoms with E-state index in [2.05, 4.69) is 0 Å². The molecule has 0 aliphatic heterocycles. The van der Waals surface area contributed by atoms with E-state index in [0.29, 0.717) is 16.9 Å². The molecule has 0 radical (unpaired) electrons. The van der Waals surface area contributed by atoms with Gasteiger partial charge in [-0.1, -0.05) is 29.8 Å². The predicted molar refractivity (Wildman–Crippen MR) is 54.5 cm³/mol. The Morgan fingerprint density at radius 1 is 1.40 bits per heavy atom. The molecule has 1 aromatic carbocycles. The molecular weight excluding hydrogens is 218 g/mol. The predicted octanol–water partition coefficient (Wildman–Crippen LogP) is 1.90. The van der Waals surface area contributed by atoms with Gasteiger partial charge < -0.3 is 4.79 Å². The molecule has 0 bridgehead atoms. The third-order valence-corrected chi connectivity index (χ3v) is 3.05. The number of nitrogens with zero attached hydrogens (tertiary/aromatic N) is 1. The molecule has 1 aromatic rings. The summed E-state index contributed by atoms with van der Waals surface area (Å²) in [6.07, 6.45) is 0.640. The van der Waals surface area contributed by atoms with Crippen molar-refractivity contribution in [1.82, 2.24) is 0 Å². The van der Waals surface area contributed by atoms with E-state index in [0.717, 1.165) is 0 Å². The van der Waals surface area contributed by atoms with E-state index in [4.69, 9.17) is 11.6 Å². The maximum atomic E-state index is 10.6. The van der Waals surface area contributed by atoms with Crippen molar-refractivity contribution in [2.45, 2.75) is 12.0 Å². The maximum absolute atomic E-state index is 10.6. The molecule has 0 spiro atoms. The van der Waals surface area contributed by atoms with E-state index in [9.17, 15) is 14.9 Å². The Bertz CT molecular complexity index is 421. The first-order chi connectivity index (χ1) is 7.16. The Hall–Kier alpha value is -1.42. The van der Waals surface area contributed by atoms with Gasteiger partial charge in [0.25, 0.3) is 0 Å². The van der Waals surface area contributed by atoms with Crippen LogP contribution in [0.25, 0.3) is 0 Å². The maximum Gasteiger partial charge on any atom is 0.231 e. The minimum atomic E-state index is -0.803. The molecule has 4 nitrogen and oxygen atoms in total. The molecule has 0 heterocycles. The summed E-state index contributed by atoms with van der Waals surface area (Å²) < 4.78 is 0. The largest absolute Gasteiger partial charge is 0.303 e. The standard InChI is InChI=1S/C10H8ClNO3/c11-8-4-2-1-3-6(8)9-7(5-13)10(9)12(14)15/h1-5,7,9-10H/t7-,9+,10+/m0/s1. The Labute approximate surface area is 91.0 Å². The van der Waals surface area contributed by atoms with Crippen LogP contribution < -0.4 is 0 Å². The van der Waals surface area contributed by atoms with Gasteiger partial charge in [0.05, 0.1) is 11.8 Å². The van der Waals surface area contributed by atoms with Gasteiger partial charge in [-0.05, 0) is 11.6 Å². The van der Waals surface area contributed by atoms with Gasteiger partial charge >= 0.3 is 0 Å². The van der Waals surface area contributed by atoms with Gasteiger partial charge in [-0.25, -0.2) is 0 Å². The SMILES string of the molecule is O=C[C@H]1[C@@H](c2ccccc2Cl)[C@@H]1[N+](=O)[O-]. The lowest BCUT2D eigenvalue weighted by Crippen LogP contribution is -2.05. The fraction of sp³-hybridized carbons (Fsp3) is 0.300. The molecule has 1 fully saturated rings. The van der Waals surface area contributed by atoms with Crippen molar-refractivity contribution in [2.75, 3.05) is 0 Å². The van der Waals surface area contributed by atoms with Crippen LogP contribution in [0.3, 0.4) is 0 Å². The van der Waals surface area contributed by atoms with Crippen LogP contribution in [0.5, 0.6) is 0 Å². The smallest absolute Gasteiger partial charge is 0.231 e. The molecule has 0 aromatic heterocycles. The van der Waals surface area contributed by atoms with Gasteiger partial charge in [-0.15, -0.1) is 0 Å². The zero-order valence-corrected chi connectivity index (χ0v) is 8.42. The van der Waals surface area contributed by atoms with Gasteiger partial charge in [0, 0.05) is 9.95 Å². The molecule has 1 aliphatic rings. The van der Waals surface area contributed by atoms with Crippen molar-refractivity contribution < 1.29 is 9.72 Å². The normalized spacial score (nSPS) is 28.5. The van der Waals surface area contributed by atoms with Crippen molar-refractivity contribution in [3.8, 4) is 0 Å². The summed E-state index contributed by atoms with van der Waals surface area (Å²) in [6, 6.07) is 6.12. The number of halogens is 1. The van der Waals surface area contributed by atoms with E-state index in [-0.39, 0.29) is 5.92 Å². The molecule has 1 aliphatic carbocycles. The Morgan fingerprint density at radius 3 is 2.53 bits per heavy atom. The summed E-state index contributed by atoms with van der Waals surface area (Å²) in [4.78, 5) is 20.8. The average Bonchev–Trinajstić information content (AvgIpc) is 2.92. The van der Waals surface area contributed by atoms with Crippen molar-refractivity contribution in [2.24, 2.45) is 5.92 Å². The van der Waals surface area contributed by atoms with Crippen LogP contribution in [0.1, 0.15) is 11.5 Å². The number of rotatable bonds is 3. The second-order valence-electron chi connectivity index (χ2n) is 3.54. The van der Waals surface area contributed by atoms with Gasteiger partial charge in [0.15, 0.2) is 0 Å². The molecule has 3 atom stereocenters.